The van der Waals surface area contributed by atoms with Crippen molar-refractivity contribution in [3.8, 4) is 5.75 Å². The first kappa shape index (κ1) is 21.1. The van der Waals surface area contributed by atoms with E-state index in [9.17, 15) is 9.90 Å². The number of aliphatic carboxylic acids is 1. The number of benzene rings is 3. The average molecular weight is 416 g/mol. The molecule has 0 radical (unpaired) electrons. The number of aryl methyl sites for hydroxylation is 1. The molecule has 1 N–H and O–H groups in total. The topological polar surface area (TPSA) is 49.8 Å². The van der Waals surface area contributed by atoms with Crippen molar-refractivity contribution in [1.29, 1.82) is 0 Å². The third-order valence-corrected chi connectivity index (χ3v) is 6.00. The number of carboxylic acid groups (broad SMARTS) is 1. The smallest absolute Gasteiger partial charge is 0.320 e. The van der Waals surface area contributed by atoms with Crippen molar-refractivity contribution in [3.05, 3.63) is 101 Å². The molecule has 4 nitrogen and oxygen atoms in total. The maximum absolute atomic E-state index is 12.0. The summed E-state index contributed by atoms with van der Waals surface area (Å²) in [6.07, 6.45) is 2.67. The van der Waals surface area contributed by atoms with Crippen LogP contribution >= 0.6 is 0 Å². The number of hydrogen-bond acceptors (Lipinski definition) is 3. The standard InChI is InChI=1S/C27H29NO3/c1-20-10-12-22(13-11-20)26(28-18-6-5-9-25(28)27(29)30)23-14-16-24(17-15-23)31-19-21-7-3-2-4-8-21/h2-4,7-8,10-17,25-26H,5-6,9,18-19H2,1H3,(H,29,30). The van der Waals surface area contributed by atoms with Crippen LogP contribution in [0.1, 0.15) is 47.6 Å². The van der Waals surface area contributed by atoms with Crippen LogP contribution < -0.4 is 4.74 Å². The zero-order valence-electron chi connectivity index (χ0n) is 17.9. The number of likely N-dealkylation sites (tertiary alicyclic amines) is 1. The van der Waals surface area contributed by atoms with E-state index >= 15 is 0 Å². The predicted molar refractivity (Wildman–Crippen MR) is 122 cm³/mol. The van der Waals surface area contributed by atoms with Gasteiger partial charge in [-0.25, -0.2) is 0 Å². The summed E-state index contributed by atoms with van der Waals surface area (Å²) in [5.41, 5.74) is 4.53. The second-order valence-electron chi connectivity index (χ2n) is 8.24. The summed E-state index contributed by atoms with van der Waals surface area (Å²) in [4.78, 5) is 14.1. The molecule has 2 unspecified atom stereocenters. The maximum Gasteiger partial charge on any atom is 0.320 e. The summed E-state index contributed by atoms with van der Waals surface area (Å²) in [6.45, 7) is 3.37. The normalized spacial score (nSPS) is 17.8. The van der Waals surface area contributed by atoms with Crippen molar-refractivity contribution in [1.82, 2.24) is 4.90 Å². The zero-order valence-corrected chi connectivity index (χ0v) is 17.9. The highest BCUT2D eigenvalue weighted by atomic mass is 16.5. The Hall–Kier alpha value is -3.11. The van der Waals surface area contributed by atoms with E-state index in [1.807, 2.05) is 42.5 Å². The van der Waals surface area contributed by atoms with Crippen LogP contribution in [0, 0.1) is 6.92 Å². The number of nitrogens with zero attached hydrogens (tertiary/aromatic N) is 1. The Kier molecular flexibility index (Phi) is 6.68. The van der Waals surface area contributed by atoms with Gasteiger partial charge in [-0.05, 0) is 55.1 Å². The lowest BCUT2D eigenvalue weighted by Gasteiger charge is -2.39. The second kappa shape index (κ2) is 9.80. The quantitative estimate of drug-likeness (QED) is 0.545. The maximum atomic E-state index is 12.0. The average Bonchev–Trinajstić information content (AvgIpc) is 2.81. The van der Waals surface area contributed by atoms with E-state index in [-0.39, 0.29) is 6.04 Å². The van der Waals surface area contributed by atoms with E-state index in [0.29, 0.717) is 13.0 Å². The molecule has 160 valence electrons. The number of carboxylic acids is 1. The van der Waals surface area contributed by atoms with Crippen LogP contribution in [0.5, 0.6) is 5.75 Å². The Bertz CT molecular complexity index is 983. The van der Waals surface area contributed by atoms with Gasteiger partial charge in [-0.3, -0.25) is 9.69 Å². The minimum Gasteiger partial charge on any atom is -0.489 e. The fraction of sp³-hybridized carbons (Fsp3) is 0.296. The minimum absolute atomic E-state index is 0.0924. The largest absolute Gasteiger partial charge is 0.489 e. The number of ether oxygens (including phenoxy) is 1. The van der Waals surface area contributed by atoms with Gasteiger partial charge in [0, 0.05) is 0 Å². The van der Waals surface area contributed by atoms with Gasteiger partial charge in [-0.15, -0.1) is 0 Å². The highest BCUT2D eigenvalue weighted by Crippen LogP contribution is 2.35. The molecule has 0 spiro atoms. The Balaban J connectivity index is 1.60. The third kappa shape index (κ3) is 5.15. The van der Waals surface area contributed by atoms with Crippen LogP contribution in [-0.2, 0) is 11.4 Å². The molecule has 1 aliphatic heterocycles. The van der Waals surface area contributed by atoms with E-state index < -0.39 is 12.0 Å². The van der Waals surface area contributed by atoms with Crippen LogP contribution in [0.25, 0.3) is 0 Å². The van der Waals surface area contributed by atoms with E-state index in [1.165, 1.54) is 5.56 Å². The third-order valence-electron chi connectivity index (χ3n) is 6.00. The van der Waals surface area contributed by atoms with Gasteiger partial charge in [0.2, 0.25) is 0 Å². The summed E-state index contributed by atoms with van der Waals surface area (Å²) >= 11 is 0. The van der Waals surface area contributed by atoms with Crippen molar-refractivity contribution in [2.75, 3.05) is 6.54 Å². The fourth-order valence-electron chi connectivity index (χ4n) is 4.34. The minimum atomic E-state index is -0.736. The van der Waals surface area contributed by atoms with Gasteiger partial charge in [0.25, 0.3) is 0 Å². The molecule has 4 heteroatoms. The van der Waals surface area contributed by atoms with Crippen LogP contribution in [0.3, 0.4) is 0 Å². The number of rotatable bonds is 7. The van der Waals surface area contributed by atoms with Crippen molar-refractivity contribution in [2.24, 2.45) is 0 Å². The molecule has 0 amide bonds. The highest BCUT2D eigenvalue weighted by Gasteiger charge is 2.35. The Labute approximate surface area is 184 Å². The number of piperidine rings is 1. The molecule has 1 heterocycles. The van der Waals surface area contributed by atoms with Gasteiger partial charge in [0.15, 0.2) is 0 Å². The van der Waals surface area contributed by atoms with Gasteiger partial charge in [-0.1, -0.05) is 78.7 Å². The lowest BCUT2D eigenvalue weighted by molar-refractivity contribution is -0.145. The predicted octanol–water partition coefficient (Wildman–Crippen LogP) is 5.60. The van der Waals surface area contributed by atoms with Crippen LogP contribution in [0.4, 0.5) is 0 Å². The first-order chi connectivity index (χ1) is 15.1. The molecular weight excluding hydrogens is 386 g/mol. The Morgan fingerprint density at radius 1 is 0.968 bits per heavy atom. The molecule has 3 aromatic rings. The van der Waals surface area contributed by atoms with E-state index in [0.717, 1.165) is 41.8 Å². The first-order valence-electron chi connectivity index (χ1n) is 10.9. The SMILES string of the molecule is Cc1ccc(C(c2ccc(OCc3ccccc3)cc2)N2CCCCC2C(=O)O)cc1. The number of hydrogen-bond donors (Lipinski definition) is 1. The molecule has 4 rings (SSSR count). The Morgan fingerprint density at radius 2 is 1.61 bits per heavy atom. The fourth-order valence-corrected chi connectivity index (χ4v) is 4.34. The van der Waals surface area contributed by atoms with Crippen molar-refractivity contribution in [3.63, 3.8) is 0 Å². The van der Waals surface area contributed by atoms with Crippen LogP contribution in [0.15, 0.2) is 78.9 Å². The molecule has 0 aliphatic carbocycles. The molecule has 0 aromatic heterocycles. The van der Waals surface area contributed by atoms with Gasteiger partial charge < -0.3 is 9.84 Å². The highest BCUT2D eigenvalue weighted by molar-refractivity contribution is 5.73. The van der Waals surface area contributed by atoms with Gasteiger partial charge >= 0.3 is 5.97 Å². The molecular formula is C27H29NO3. The van der Waals surface area contributed by atoms with E-state index in [4.69, 9.17) is 4.74 Å². The summed E-state index contributed by atoms with van der Waals surface area (Å²) < 4.78 is 5.95. The van der Waals surface area contributed by atoms with Gasteiger partial charge in [0.1, 0.15) is 18.4 Å². The van der Waals surface area contributed by atoms with E-state index in [1.54, 1.807) is 0 Å². The molecule has 31 heavy (non-hydrogen) atoms. The summed E-state index contributed by atoms with van der Waals surface area (Å²) in [7, 11) is 0. The first-order valence-corrected chi connectivity index (χ1v) is 10.9. The van der Waals surface area contributed by atoms with Crippen molar-refractivity contribution in [2.45, 2.75) is 44.9 Å². The summed E-state index contributed by atoms with van der Waals surface area (Å²) in [5, 5.41) is 9.86. The molecule has 0 saturated carbocycles. The molecule has 0 bridgehead atoms. The Morgan fingerprint density at radius 3 is 2.26 bits per heavy atom. The van der Waals surface area contributed by atoms with Crippen molar-refractivity contribution >= 4 is 5.97 Å². The lowest BCUT2D eigenvalue weighted by Crippen LogP contribution is -2.46. The molecule has 1 aliphatic rings. The molecule has 1 saturated heterocycles. The zero-order chi connectivity index (χ0) is 21.6. The van der Waals surface area contributed by atoms with Gasteiger partial charge in [-0.2, -0.15) is 0 Å². The lowest BCUT2D eigenvalue weighted by atomic mass is 9.91. The van der Waals surface area contributed by atoms with Crippen LogP contribution in [-0.4, -0.2) is 28.6 Å². The monoisotopic (exact) mass is 415 g/mol. The summed E-state index contributed by atoms with van der Waals surface area (Å²) in [6, 6.07) is 26.1. The number of carbonyl (C=O) groups is 1. The van der Waals surface area contributed by atoms with Gasteiger partial charge in [0.05, 0.1) is 6.04 Å². The van der Waals surface area contributed by atoms with Crippen molar-refractivity contribution < 1.29 is 14.6 Å². The second-order valence-corrected chi connectivity index (χ2v) is 8.24. The molecule has 1 fully saturated rings. The summed E-state index contributed by atoms with van der Waals surface area (Å²) in [5.74, 6) is 0.0725. The molecule has 2 atom stereocenters. The van der Waals surface area contributed by atoms with Crippen LogP contribution in [0.2, 0.25) is 0 Å². The molecule has 3 aromatic carbocycles. The van der Waals surface area contributed by atoms with E-state index in [2.05, 4.69) is 48.2 Å².